The summed E-state index contributed by atoms with van der Waals surface area (Å²) < 4.78 is 0. The predicted octanol–water partition coefficient (Wildman–Crippen LogP) is 1.48. The molecule has 1 aliphatic carbocycles. The van der Waals surface area contributed by atoms with Crippen molar-refractivity contribution >= 4 is 11.5 Å². The zero-order valence-electron chi connectivity index (χ0n) is 9.39. The second-order valence-corrected chi connectivity index (χ2v) is 4.49. The number of pyridine rings is 1. The Morgan fingerprint density at radius 3 is 3.00 bits per heavy atom. The molecule has 1 heterocycles. The van der Waals surface area contributed by atoms with Crippen molar-refractivity contribution in [2.24, 2.45) is 11.8 Å². The minimum atomic E-state index is 0.302. The molecule has 2 atom stereocenters. The lowest BCUT2D eigenvalue weighted by atomic mass is 9.97. The summed E-state index contributed by atoms with van der Waals surface area (Å²) in [6, 6.07) is 3.61. The third-order valence-corrected chi connectivity index (χ3v) is 3.38. The Morgan fingerprint density at radius 2 is 2.25 bits per heavy atom. The second kappa shape index (κ2) is 5.16. The van der Waals surface area contributed by atoms with Crippen molar-refractivity contribution in [3.8, 4) is 0 Å². The van der Waals surface area contributed by atoms with Crippen LogP contribution in [0, 0.1) is 11.8 Å². The number of aromatic nitrogens is 1. The summed E-state index contributed by atoms with van der Waals surface area (Å²) in [4.78, 5) is 4.20. The van der Waals surface area contributed by atoms with E-state index in [9.17, 15) is 5.11 Å². The number of nitrogens with one attached hydrogen (secondary N) is 1. The van der Waals surface area contributed by atoms with Gasteiger partial charge in [0.05, 0.1) is 0 Å². The number of rotatable bonds is 4. The largest absolute Gasteiger partial charge is 0.399 e. The summed E-state index contributed by atoms with van der Waals surface area (Å²) in [5, 5.41) is 12.5. The number of nitrogens with zero attached hydrogens (tertiary/aromatic N) is 1. The second-order valence-electron chi connectivity index (χ2n) is 4.49. The molecule has 1 aliphatic rings. The van der Waals surface area contributed by atoms with E-state index in [1.807, 2.05) is 6.07 Å². The number of anilines is 2. The van der Waals surface area contributed by atoms with Crippen molar-refractivity contribution in [2.75, 3.05) is 24.2 Å². The van der Waals surface area contributed by atoms with Crippen LogP contribution in [-0.2, 0) is 0 Å². The summed E-state index contributed by atoms with van der Waals surface area (Å²) in [5.74, 6) is 1.84. The maximum Gasteiger partial charge on any atom is 0.127 e. The van der Waals surface area contributed by atoms with Crippen LogP contribution in [-0.4, -0.2) is 23.2 Å². The van der Waals surface area contributed by atoms with Crippen LogP contribution >= 0.6 is 0 Å². The first kappa shape index (κ1) is 11.2. The van der Waals surface area contributed by atoms with Crippen molar-refractivity contribution in [1.29, 1.82) is 0 Å². The molecule has 4 nitrogen and oxygen atoms in total. The Balaban J connectivity index is 1.87. The highest BCUT2D eigenvalue weighted by Gasteiger charge is 2.26. The topological polar surface area (TPSA) is 71.2 Å². The molecule has 0 aromatic carbocycles. The van der Waals surface area contributed by atoms with Gasteiger partial charge in [0, 0.05) is 31.1 Å². The molecule has 0 radical (unpaired) electrons. The minimum Gasteiger partial charge on any atom is -0.399 e. The molecule has 2 unspecified atom stereocenters. The molecule has 0 aliphatic heterocycles. The van der Waals surface area contributed by atoms with Gasteiger partial charge in [-0.15, -0.1) is 0 Å². The van der Waals surface area contributed by atoms with Crippen molar-refractivity contribution in [3.63, 3.8) is 0 Å². The van der Waals surface area contributed by atoms with Crippen LogP contribution in [0.1, 0.15) is 19.3 Å². The molecule has 16 heavy (non-hydrogen) atoms. The average Bonchev–Trinajstić information content (AvgIpc) is 2.74. The summed E-state index contributed by atoms with van der Waals surface area (Å²) in [7, 11) is 0. The van der Waals surface area contributed by atoms with Gasteiger partial charge in [0.2, 0.25) is 0 Å². The van der Waals surface area contributed by atoms with E-state index >= 15 is 0 Å². The lowest BCUT2D eigenvalue weighted by Crippen LogP contribution is -2.21. The molecule has 0 bridgehead atoms. The van der Waals surface area contributed by atoms with Gasteiger partial charge < -0.3 is 16.2 Å². The molecule has 1 aromatic heterocycles. The smallest absolute Gasteiger partial charge is 0.127 e. The summed E-state index contributed by atoms with van der Waals surface area (Å²) in [6.45, 7) is 1.18. The van der Waals surface area contributed by atoms with Crippen molar-refractivity contribution < 1.29 is 5.11 Å². The van der Waals surface area contributed by atoms with Crippen molar-refractivity contribution in [1.82, 2.24) is 4.98 Å². The molecular formula is C12H19N3O. The van der Waals surface area contributed by atoms with E-state index in [0.717, 1.165) is 24.5 Å². The molecule has 1 saturated carbocycles. The Bertz CT molecular complexity index is 343. The zero-order valence-corrected chi connectivity index (χ0v) is 9.39. The van der Waals surface area contributed by atoms with Gasteiger partial charge >= 0.3 is 0 Å². The van der Waals surface area contributed by atoms with Crippen LogP contribution < -0.4 is 11.1 Å². The third-order valence-electron chi connectivity index (χ3n) is 3.38. The fourth-order valence-corrected chi connectivity index (χ4v) is 2.40. The van der Waals surface area contributed by atoms with Gasteiger partial charge in [-0.1, -0.05) is 6.42 Å². The molecule has 0 spiro atoms. The lowest BCUT2D eigenvalue weighted by molar-refractivity contribution is 0.199. The molecule has 0 amide bonds. The predicted molar refractivity (Wildman–Crippen MR) is 65.1 cm³/mol. The van der Waals surface area contributed by atoms with Crippen LogP contribution in [0.4, 0.5) is 11.5 Å². The Kier molecular flexibility index (Phi) is 3.62. The maximum atomic E-state index is 9.21. The van der Waals surface area contributed by atoms with Crippen molar-refractivity contribution in [3.05, 3.63) is 18.3 Å². The van der Waals surface area contributed by atoms with Crippen LogP contribution in [0.2, 0.25) is 0 Å². The molecule has 4 heteroatoms. The number of hydrogen-bond acceptors (Lipinski definition) is 4. The number of aliphatic hydroxyl groups is 1. The molecule has 0 saturated heterocycles. The van der Waals surface area contributed by atoms with Crippen LogP contribution in [0.5, 0.6) is 0 Å². The summed E-state index contributed by atoms with van der Waals surface area (Å²) >= 11 is 0. The van der Waals surface area contributed by atoms with E-state index in [0.29, 0.717) is 18.4 Å². The summed E-state index contributed by atoms with van der Waals surface area (Å²) in [5.41, 5.74) is 6.40. The fraction of sp³-hybridized carbons (Fsp3) is 0.583. The third kappa shape index (κ3) is 2.64. The van der Waals surface area contributed by atoms with Crippen LogP contribution in [0.15, 0.2) is 18.3 Å². The molecule has 4 N–H and O–H groups in total. The molecular weight excluding hydrogens is 202 g/mol. The minimum absolute atomic E-state index is 0.302. The highest BCUT2D eigenvalue weighted by Crippen LogP contribution is 2.31. The average molecular weight is 221 g/mol. The Hall–Kier alpha value is -1.29. The van der Waals surface area contributed by atoms with Gasteiger partial charge in [-0.25, -0.2) is 4.98 Å². The Labute approximate surface area is 95.9 Å². The fourth-order valence-electron chi connectivity index (χ4n) is 2.40. The maximum absolute atomic E-state index is 9.21. The van der Waals surface area contributed by atoms with E-state index in [4.69, 9.17) is 5.73 Å². The van der Waals surface area contributed by atoms with E-state index in [1.54, 1.807) is 12.3 Å². The van der Waals surface area contributed by atoms with Crippen LogP contribution in [0.25, 0.3) is 0 Å². The molecule has 1 aromatic rings. The van der Waals surface area contributed by atoms with E-state index in [2.05, 4.69) is 10.3 Å². The van der Waals surface area contributed by atoms with Gasteiger partial charge in [-0.2, -0.15) is 0 Å². The first-order valence-electron chi connectivity index (χ1n) is 5.86. The zero-order chi connectivity index (χ0) is 11.4. The summed E-state index contributed by atoms with van der Waals surface area (Å²) in [6.07, 6.45) is 5.27. The van der Waals surface area contributed by atoms with Gasteiger partial charge in [-0.3, -0.25) is 0 Å². The van der Waals surface area contributed by atoms with Crippen LogP contribution in [0.3, 0.4) is 0 Å². The first-order chi connectivity index (χ1) is 7.79. The van der Waals surface area contributed by atoms with Gasteiger partial charge in [0.25, 0.3) is 0 Å². The first-order valence-corrected chi connectivity index (χ1v) is 5.86. The number of nitrogen functional groups attached to an aromatic ring is 1. The molecule has 88 valence electrons. The van der Waals surface area contributed by atoms with Crippen molar-refractivity contribution in [2.45, 2.75) is 19.3 Å². The van der Waals surface area contributed by atoms with Gasteiger partial charge in [0.15, 0.2) is 0 Å². The quantitative estimate of drug-likeness (QED) is 0.720. The van der Waals surface area contributed by atoms with E-state index in [-0.39, 0.29) is 0 Å². The normalized spacial score (nSPS) is 24.6. The molecule has 2 rings (SSSR count). The number of nitrogens with two attached hydrogens (primary N) is 1. The monoisotopic (exact) mass is 221 g/mol. The van der Waals surface area contributed by atoms with Gasteiger partial charge in [-0.05, 0) is 30.7 Å². The SMILES string of the molecule is Nc1ccnc(NCC2CCCC2CO)c1. The highest BCUT2D eigenvalue weighted by atomic mass is 16.3. The molecule has 1 fully saturated rings. The number of hydrogen-bond donors (Lipinski definition) is 3. The van der Waals surface area contributed by atoms with E-state index < -0.39 is 0 Å². The number of aliphatic hydroxyl groups excluding tert-OH is 1. The lowest BCUT2D eigenvalue weighted by Gasteiger charge is -2.18. The highest BCUT2D eigenvalue weighted by molar-refractivity contribution is 5.48. The Morgan fingerprint density at radius 1 is 1.44 bits per heavy atom. The van der Waals surface area contributed by atoms with Gasteiger partial charge in [0.1, 0.15) is 5.82 Å². The van der Waals surface area contributed by atoms with E-state index in [1.165, 1.54) is 12.8 Å². The standard InChI is InChI=1S/C12H19N3O/c13-11-4-5-14-12(6-11)15-7-9-2-1-3-10(9)8-16/h4-6,9-10,16H,1-3,7-8H2,(H3,13,14,15).